The summed E-state index contributed by atoms with van der Waals surface area (Å²) < 4.78 is 54.2. The normalized spacial score (nSPS) is 11.4. The van der Waals surface area contributed by atoms with E-state index >= 15 is 0 Å². The van der Waals surface area contributed by atoms with Crippen LogP contribution in [0.1, 0.15) is 0 Å². The summed E-state index contributed by atoms with van der Waals surface area (Å²) in [6.07, 6.45) is 6.13. The number of hydrogen-bond acceptors (Lipinski definition) is 4. The summed E-state index contributed by atoms with van der Waals surface area (Å²) in [7, 11) is -4.04. The maximum Gasteiger partial charge on any atom is 0.262 e. The molecule has 0 aliphatic rings. The van der Waals surface area contributed by atoms with Gasteiger partial charge in [-0.1, -0.05) is 0 Å². The van der Waals surface area contributed by atoms with E-state index in [1.807, 2.05) is 0 Å². The van der Waals surface area contributed by atoms with Crippen molar-refractivity contribution in [2.24, 2.45) is 0 Å². The van der Waals surface area contributed by atoms with Crippen molar-refractivity contribution in [2.45, 2.75) is 4.90 Å². The van der Waals surface area contributed by atoms with Crippen molar-refractivity contribution in [1.82, 2.24) is 14.5 Å². The first-order valence-corrected chi connectivity index (χ1v) is 7.86. The van der Waals surface area contributed by atoms with E-state index in [2.05, 4.69) is 14.7 Å². The molecule has 1 N–H and O–H groups in total. The minimum atomic E-state index is -4.04. The Bertz CT molecular complexity index is 926. The third-order valence-electron chi connectivity index (χ3n) is 2.97. The van der Waals surface area contributed by atoms with E-state index in [9.17, 15) is 17.2 Å². The van der Waals surface area contributed by atoms with Gasteiger partial charge in [0.1, 0.15) is 12.1 Å². The molecule has 0 spiro atoms. The number of halogens is 2. The lowest BCUT2D eigenvalue weighted by Crippen LogP contribution is -2.13. The van der Waals surface area contributed by atoms with Gasteiger partial charge in [0.25, 0.3) is 10.0 Å². The van der Waals surface area contributed by atoms with Crippen molar-refractivity contribution in [3.8, 4) is 5.82 Å². The van der Waals surface area contributed by atoms with Gasteiger partial charge in [-0.2, -0.15) is 0 Å². The molecule has 23 heavy (non-hydrogen) atoms. The molecular formula is C14H10F2N4O2S. The van der Waals surface area contributed by atoms with Crippen LogP contribution in [0.2, 0.25) is 0 Å². The van der Waals surface area contributed by atoms with Crippen LogP contribution in [-0.2, 0) is 10.0 Å². The molecule has 0 amide bonds. The first kappa shape index (κ1) is 15.1. The third-order valence-corrected chi connectivity index (χ3v) is 4.35. The summed E-state index contributed by atoms with van der Waals surface area (Å²) in [6.45, 7) is 0. The van der Waals surface area contributed by atoms with E-state index in [1.165, 1.54) is 12.3 Å². The van der Waals surface area contributed by atoms with Gasteiger partial charge in [0, 0.05) is 12.4 Å². The number of sulfonamides is 1. The molecule has 0 unspecified atom stereocenters. The molecule has 3 aromatic rings. The fourth-order valence-corrected chi connectivity index (χ4v) is 2.91. The van der Waals surface area contributed by atoms with E-state index in [0.717, 1.165) is 12.1 Å². The quantitative estimate of drug-likeness (QED) is 0.793. The molecule has 0 fully saturated rings. The zero-order valence-electron chi connectivity index (χ0n) is 11.5. The zero-order valence-corrected chi connectivity index (χ0v) is 12.3. The van der Waals surface area contributed by atoms with E-state index < -0.39 is 21.7 Å². The summed E-state index contributed by atoms with van der Waals surface area (Å²) in [5.74, 6) is -1.80. The predicted molar refractivity (Wildman–Crippen MR) is 78.5 cm³/mol. The lowest BCUT2D eigenvalue weighted by molar-refractivity contribution is 0.504. The number of rotatable bonds is 4. The lowest BCUT2D eigenvalue weighted by Gasteiger charge is -2.09. The monoisotopic (exact) mass is 336 g/mol. The second kappa shape index (κ2) is 5.76. The second-order valence-corrected chi connectivity index (χ2v) is 6.24. The third kappa shape index (κ3) is 3.19. The van der Waals surface area contributed by atoms with Crippen LogP contribution >= 0.6 is 0 Å². The molecule has 0 radical (unpaired) electrons. The van der Waals surface area contributed by atoms with Gasteiger partial charge < -0.3 is 0 Å². The van der Waals surface area contributed by atoms with Crippen LogP contribution < -0.4 is 4.72 Å². The van der Waals surface area contributed by atoms with Crippen molar-refractivity contribution in [1.29, 1.82) is 0 Å². The zero-order chi connectivity index (χ0) is 16.4. The lowest BCUT2D eigenvalue weighted by atomic mass is 10.3. The molecule has 2 heterocycles. The van der Waals surface area contributed by atoms with Crippen LogP contribution in [0.5, 0.6) is 0 Å². The highest BCUT2D eigenvalue weighted by molar-refractivity contribution is 7.92. The molecule has 0 aliphatic carbocycles. The van der Waals surface area contributed by atoms with Crippen molar-refractivity contribution in [2.75, 3.05) is 4.72 Å². The van der Waals surface area contributed by atoms with Gasteiger partial charge in [-0.3, -0.25) is 9.29 Å². The van der Waals surface area contributed by atoms with Gasteiger partial charge in [0.05, 0.1) is 16.8 Å². The molecule has 0 bridgehead atoms. The van der Waals surface area contributed by atoms with Gasteiger partial charge >= 0.3 is 0 Å². The standard InChI is InChI=1S/C14H10F2N4O2S/c15-12-3-2-11(7-13(12)16)23(21,22)19-10-1-4-14(18-8-10)20-6-5-17-9-20/h1-9,19H. The number of benzene rings is 1. The van der Waals surface area contributed by atoms with Crippen LogP contribution in [0.15, 0.2) is 60.1 Å². The molecule has 6 nitrogen and oxygen atoms in total. The minimum absolute atomic E-state index is 0.193. The fourth-order valence-electron chi connectivity index (χ4n) is 1.85. The summed E-state index contributed by atoms with van der Waals surface area (Å²) >= 11 is 0. The smallest absolute Gasteiger partial charge is 0.262 e. The Balaban J connectivity index is 1.84. The summed E-state index contributed by atoms with van der Waals surface area (Å²) in [5, 5.41) is 0. The van der Waals surface area contributed by atoms with Crippen LogP contribution in [0.3, 0.4) is 0 Å². The highest BCUT2D eigenvalue weighted by Gasteiger charge is 2.16. The molecule has 0 saturated heterocycles. The topological polar surface area (TPSA) is 76.9 Å². The SMILES string of the molecule is O=S(=O)(Nc1ccc(-n2ccnc2)nc1)c1ccc(F)c(F)c1. The van der Waals surface area contributed by atoms with Gasteiger partial charge in [0.2, 0.25) is 0 Å². The number of hydrogen-bond donors (Lipinski definition) is 1. The Morgan fingerprint density at radius 3 is 2.52 bits per heavy atom. The molecule has 9 heteroatoms. The predicted octanol–water partition coefficient (Wildman–Crippen LogP) is 2.35. The van der Waals surface area contributed by atoms with E-state index in [4.69, 9.17) is 0 Å². The first-order chi connectivity index (χ1) is 11.0. The van der Waals surface area contributed by atoms with E-state index in [0.29, 0.717) is 11.9 Å². The average molecular weight is 336 g/mol. The number of imidazole rings is 1. The number of anilines is 1. The number of nitrogens with one attached hydrogen (secondary N) is 1. The van der Waals surface area contributed by atoms with Crippen LogP contribution in [0, 0.1) is 11.6 Å². The Labute approximate surface area is 130 Å². The molecule has 3 rings (SSSR count). The molecule has 2 aromatic heterocycles. The van der Waals surface area contributed by atoms with Crippen molar-refractivity contribution in [3.05, 3.63) is 66.9 Å². The van der Waals surface area contributed by atoms with Crippen molar-refractivity contribution >= 4 is 15.7 Å². The Kier molecular flexibility index (Phi) is 3.78. The molecule has 0 aliphatic heterocycles. The van der Waals surface area contributed by atoms with Gasteiger partial charge in [0.15, 0.2) is 11.6 Å². The Morgan fingerprint density at radius 2 is 1.91 bits per heavy atom. The molecular weight excluding hydrogens is 326 g/mol. The first-order valence-electron chi connectivity index (χ1n) is 6.38. The molecule has 1 aromatic carbocycles. The Morgan fingerprint density at radius 1 is 1.09 bits per heavy atom. The van der Waals surface area contributed by atoms with E-state index in [-0.39, 0.29) is 10.6 Å². The molecule has 0 atom stereocenters. The number of nitrogens with zero attached hydrogens (tertiary/aromatic N) is 3. The summed E-state index contributed by atoms with van der Waals surface area (Å²) in [5.41, 5.74) is 0.193. The van der Waals surface area contributed by atoms with Crippen LogP contribution in [-0.4, -0.2) is 23.0 Å². The second-order valence-electron chi connectivity index (χ2n) is 4.56. The Hall–Kier alpha value is -2.81. The van der Waals surface area contributed by atoms with Crippen LogP contribution in [0.25, 0.3) is 5.82 Å². The maximum atomic E-state index is 13.2. The summed E-state index contributed by atoms with van der Waals surface area (Å²) in [6, 6.07) is 5.44. The maximum absolute atomic E-state index is 13.2. The highest BCUT2D eigenvalue weighted by Crippen LogP contribution is 2.18. The van der Waals surface area contributed by atoms with Crippen LogP contribution in [0.4, 0.5) is 14.5 Å². The number of pyridine rings is 1. The minimum Gasteiger partial charge on any atom is -0.291 e. The van der Waals surface area contributed by atoms with E-state index in [1.54, 1.807) is 29.4 Å². The average Bonchev–Trinajstić information content (AvgIpc) is 3.04. The van der Waals surface area contributed by atoms with Crippen molar-refractivity contribution in [3.63, 3.8) is 0 Å². The van der Waals surface area contributed by atoms with Gasteiger partial charge in [-0.15, -0.1) is 0 Å². The molecule has 0 saturated carbocycles. The van der Waals surface area contributed by atoms with Crippen molar-refractivity contribution < 1.29 is 17.2 Å². The van der Waals surface area contributed by atoms with Gasteiger partial charge in [-0.25, -0.2) is 27.2 Å². The fraction of sp³-hybridized carbons (Fsp3) is 0. The largest absolute Gasteiger partial charge is 0.291 e. The van der Waals surface area contributed by atoms with Gasteiger partial charge in [-0.05, 0) is 30.3 Å². The highest BCUT2D eigenvalue weighted by atomic mass is 32.2. The summed E-state index contributed by atoms with van der Waals surface area (Å²) in [4.78, 5) is 7.59. The number of aromatic nitrogens is 3. The molecule has 118 valence electrons.